The number of rotatable bonds is 7. The number of carbonyl (C=O) groups is 1. The topological polar surface area (TPSA) is 69.7 Å². The summed E-state index contributed by atoms with van der Waals surface area (Å²) in [7, 11) is 1.49. The van der Waals surface area contributed by atoms with Crippen LogP contribution in [0.3, 0.4) is 0 Å². The van der Waals surface area contributed by atoms with Gasteiger partial charge in [-0.1, -0.05) is 23.7 Å². The summed E-state index contributed by atoms with van der Waals surface area (Å²) in [6, 6.07) is 7.20. The molecular formula is C25H27Cl2F4N3O3. The first-order valence-electron chi connectivity index (χ1n) is 11.5. The lowest BCUT2D eigenvalue weighted by atomic mass is 9.88. The molecule has 1 aliphatic rings. The minimum atomic E-state index is -4.95. The van der Waals surface area contributed by atoms with Gasteiger partial charge in [-0.05, 0) is 48.1 Å². The molecule has 37 heavy (non-hydrogen) atoms. The van der Waals surface area contributed by atoms with Crippen LogP contribution >= 0.6 is 24.0 Å². The number of methoxy groups -OCH3 is 1. The SMILES string of the molecule is COCCn1cc(C(=O)N2CCC(c3cc(CN)ccc3F)CC2)c2c(OC(F)(F)F)ccc(Cl)c21.Cl. The van der Waals surface area contributed by atoms with E-state index in [2.05, 4.69) is 4.74 Å². The molecule has 1 aromatic heterocycles. The number of hydrogen-bond donors (Lipinski definition) is 1. The Bertz CT molecular complexity index is 1260. The second-order valence-electron chi connectivity index (χ2n) is 8.67. The number of benzene rings is 2. The zero-order valence-electron chi connectivity index (χ0n) is 20.0. The van der Waals surface area contributed by atoms with E-state index in [4.69, 9.17) is 22.1 Å². The Morgan fingerprint density at radius 2 is 1.89 bits per heavy atom. The normalized spacial score (nSPS) is 14.6. The summed E-state index contributed by atoms with van der Waals surface area (Å²) >= 11 is 6.35. The third-order valence-corrected chi connectivity index (χ3v) is 6.75. The third kappa shape index (κ3) is 6.31. The molecule has 0 bridgehead atoms. The van der Waals surface area contributed by atoms with Crippen LogP contribution < -0.4 is 10.5 Å². The van der Waals surface area contributed by atoms with E-state index in [0.29, 0.717) is 38.0 Å². The zero-order valence-corrected chi connectivity index (χ0v) is 21.6. The summed E-state index contributed by atoms with van der Waals surface area (Å²) in [5.41, 5.74) is 7.39. The fraction of sp³-hybridized carbons (Fsp3) is 0.400. The van der Waals surface area contributed by atoms with Gasteiger partial charge in [0.2, 0.25) is 0 Å². The number of alkyl halides is 3. The minimum Gasteiger partial charge on any atom is -0.405 e. The van der Waals surface area contributed by atoms with E-state index >= 15 is 0 Å². The van der Waals surface area contributed by atoms with Gasteiger partial charge in [0.05, 0.1) is 28.1 Å². The zero-order chi connectivity index (χ0) is 26.0. The number of carbonyl (C=O) groups excluding carboxylic acids is 1. The van der Waals surface area contributed by atoms with Crippen molar-refractivity contribution in [3.63, 3.8) is 0 Å². The number of likely N-dealkylation sites (tertiary alicyclic amines) is 1. The maximum Gasteiger partial charge on any atom is 0.573 e. The summed E-state index contributed by atoms with van der Waals surface area (Å²) in [4.78, 5) is 15.1. The molecule has 2 N–H and O–H groups in total. The number of nitrogens with two attached hydrogens (primary N) is 1. The lowest BCUT2D eigenvalue weighted by Crippen LogP contribution is -2.38. The van der Waals surface area contributed by atoms with Crippen molar-refractivity contribution in [3.8, 4) is 5.75 Å². The molecule has 0 spiro atoms. The van der Waals surface area contributed by atoms with Crippen molar-refractivity contribution in [1.82, 2.24) is 9.47 Å². The highest BCUT2D eigenvalue weighted by molar-refractivity contribution is 6.36. The fourth-order valence-corrected chi connectivity index (χ4v) is 4.97. The van der Waals surface area contributed by atoms with Crippen LogP contribution in [0.4, 0.5) is 17.6 Å². The molecule has 1 aliphatic heterocycles. The molecular weight excluding hydrogens is 537 g/mol. The first-order valence-corrected chi connectivity index (χ1v) is 11.8. The highest BCUT2D eigenvalue weighted by atomic mass is 35.5. The Morgan fingerprint density at radius 3 is 2.51 bits per heavy atom. The van der Waals surface area contributed by atoms with Gasteiger partial charge in [-0.2, -0.15) is 0 Å². The van der Waals surface area contributed by atoms with Crippen molar-refractivity contribution in [1.29, 1.82) is 0 Å². The van der Waals surface area contributed by atoms with E-state index in [0.717, 1.165) is 11.6 Å². The second-order valence-corrected chi connectivity index (χ2v) is 9.08. The average Bonchev–Trinajstić information content (AvgIpc) is 3.24. The van der Waals surface area contributed by atoms with E-state index in [-0.39, 0.29) is 58.8 Å². The fourth-order valence-electron chi connectivity index (χ4n) is 4.71. The molecule has 0 saturated carbocycles. The quantitative estimate of drug-likeness (QED) is 0.364. The lowest BCUT2D eigenvalue weighted by Gasteiger charge is -2.32. The van der Waals surface area contributed by atoms with Crippen molar-refractivity contribution < 1.29 is 31.8 Å². The molecule has 0 atom stereocenters. The second kappa shape index (κ2) is 11.9. The molecule has 3 aromatic rings. The monoisotopic (exact) mass is 563 g/mol. The molecule has 1 saturated heterocycles. The van der Waals surface area contributed by atoms with Crippen LogP contribution in [0.15, 0.2) is 36.5 Å². The molecule has 4 rings (SSSR count). The van der Waals surface area contributed by atoms with Crippen LogP contribution in [-0.4, -0.2) is 48.5 Å². The highest BCUT2D eigenvalue weighted by Gasteiger charge is 2.35. The van der Waals surface area contributed by atoms with Crippen LogP contribution in [0.25, 0.3) is 10.9 Å². The van der Waals surface area contributed by atoms with E-state index in [9.17, 15) is 22.4 Å². The Morgan fingerprint density at radius 1 is 1.19 bits per heavy atom. The summed E-state index contributed by atoms with van der Waals surface area (Å²) in [6.45, 7) is 1.46. The molecule has 2 aromatic carbocycles. The standard InChI is InChI=1S/C25H26ClF4N3O3.ClH/c1-35-11-10-33-14-18(22-21(36-25(28,29)30)5-3-19(26)23(22)33)24(34)32-8-6-16(7-9-32)17-12-15(13-31)2-4-20(17)27;/h2-5,12,14,16H,6-11,13,31H2,1H3;1H. The maximum absolute atomic E-state index is 14.5. The van der Waals surface area contributed by atoms with E-state index in [1.165, 1.54) is 25.4 Å². The smallest absolute Gasteiger partial charge is 0.405 e. The molecule has 0 unspecified atom stereocenters. The van der Waals surface area contributed by atoms with E-state index in [1.54, 1.807) is 21.6 Å². The van der Waals surface area contributed by atoms with Gasteiger partial charge in [0.1, 0.15) is 11.6 Å². The molecule has 12 heteroatoms. The van der Waals surface area contributed by atoms with Crippen molar-refractivity contribution in [2.45, 2.75) is 38.2 Å². The molecule has 202 valence electrons. The van der Waals surface area contributed by atoms with Gasteiger partial charge in [0.25, 0.3) is 5.91 Å². The molecule has 0 aliphatic carbocycles. The highest BCUT2D eigenvalue weighted by Crippen LogP contribution is 2.39. The summed E-state index contributed by atoms with van der Waals surface area (Å²) in [5.74, 6) is -1.36. The van der Waals surface area contributed by atoms with Crippen LogP contribution in [-0.2, 0) is 17.8 Å². The number of fused-ring (bicyclic) bond motifs is 1. The number of aromatic nitrogens is 1. The molecule has 1 amide bonds. The van der Waals surface area contributed by atoms with Crippen LogP contribution in [0.1, 0.15) is 40.2 Å². The molecule has 6 nitrogen and oxygen atoms in total. The lowest BCUT2D eigenvalue weighted by molar-refractivity contribution is -0.274. The number of nitrogens with zero attached hydrogens (tertiary/aromatic N) is 2. The Balaban J connectivity index is 0.00000380. The van der Waals surface area contributed by atoms with Gasteiger partial charge in [0, 0.05) is 39.5 Å². The number of halogens is 6. The van der Waals surface area contributed by atoms with E-state index < -0.39 is 18.0 Å². The number of ether oxygens (including phenoxy) is 2. The van der Waals surface area contributed by atoms with Gasteiger partial charge in [-0.25, -0.2) is 4.39 Å². The van der Waals surface area contributed by atoms with Gasteiger partial charge in [0.15, 0.2) is 0 Å². The maximum atomic E-state index is 14.5. The summed E-state index contributed by atoms with van der Waals surface area (Å²) in [5, 5.41) is 0.174. The predicted octanol–water partition coefficient (Wildman–Crippen LogP) is 5.88. The largest absolute Gasteiger partial charge is 0.573 e. The van der Waals surface area contributed by atoms with Gasteiger partial charge in [-0.3, -0.25) is 4.79 Å². The predicted molar refractivity (Wildman–Crippen MR) is 135 cm³/mol. The van der Waals surface area contributed by atoms with Crippen LogP contribution in [0, 0.1) is 5.82 Å². The molecule has 1 fully saturated rings. The first kappa shape index (κ1) is 29.0. The molecule has 0 radical (unpaired) electrons. The molecule has 2 heterocycles. The Hall–Kier alpha value is -2.53. The third-order valence-electron chi connectivity index (χ3n) is 6.44. The van der Waals surface area contributed by atoms with E-state index in [1.807, 2.05) is 0 Å². The Labute approximate surface area is 222 Å². The van der Waals surface area contributed by atoms with Gasteiger partial charge in [-0.15, -0.1) is 25.6 Å². The van der Waals surface area contributed by atoms with Gasteiger partial charge < -0.3 is 24.7 Å². The van der Waals surface area contributed by atoms with Crippen molar-refractivity contribution in [2.24, 2.45) is 5.73 Å². The first-order chi connectivity index (χ1) is 17.1. The average molecular weight is 564 g/mol. The van der Waals surface area contributed by atoms with Gasteiger partial charge >= 0.3 is 6.36 Å². The van der Waals surface area contributed by atoms with Crippen molar-refractivity contribution in [3.05, 3.63) is 64.1 Å². The minimum absolute atomic E-state index is 0. The number of amides is 1. The summed E-state index contributed by atoms with van der Waals surface area (Å²) in [6.07, 6.45) is -2.45. The summed E-state index contributed by atoms with van der Waals surface area (Å²) < 4.78 is 64.8. The number of piperidine rings is 1. The number of hydrogen-bond acceptors (Lipinski definition) is 4. The van der Waals surface area contributed by atoms with Crippen LogP contribution in [0.5, 0.6) is 5.75 Å². The van der Waals surface area contributed by atoms with Crippen molar-refractivity contribution >= 4 is 40.8 Å². The Kier molecular flexibility index (Phi) is 9.33. The van der Waals surface area contributed by atoms with Crippen LogP contribution in [0.2, 0.25) is 5.02 Å². The van der Waals surface area contributed by atoms with Crippen molar-refractivity contribution in [2.75, 3.05) is 26.8 Å².